The van der Waals surface area contributed by atoms with Crippen LogP contribution < -0.4 is 4.31 Å². The molecule has 0 spiro atoms. The number of sulfonamides is 1. The van der Waals surface area contributed by atoms with Gasteiger partial charge in [0.05, 0.1) is 42.9 Å². The fourth-order valence-electron chi connectivity index (χ4n) is 4.19. The standard InChI is InChI=1S/C29H40FN5O13S/c1-19(2)27-25(28(20-6-8-21(30)9-7-20)32-29(31-27)33(3)49(4,43)44)11-10-22(36)16-23(37)17-26(38)46-18-24(48-35(41)42)12-15-45-13-5-14-47-34(39)40/h6-11,19,22-24,36-37H,5,12-18H2,1-4H3/b11-10+. The van der Waals surface area contributed by atoms with Gasteiger partial charge in [-0.2, -0.15) is 0 Å². The predicted molar refractivity (Wildman–Crippen MR) is 171 cm³/mol. The number of ether oxygens (including phenoxy) is 2. The van der Waals surface area contributed by atoms with Gasteiger partial charge in [-0.3, -0.25) is 4.79 Å². The summed E-state index contributed by atoms with van der Waals surface area (Å²) in [5, 5.41) is 40.0. The molecule has 18 nitrogen and oxygen atoms in total. The van der Waals surface area contributed by atoms with E-state index in [9.17, 15) is 48.0 Å². The van der Waals surface area contributed by atoms with Crippen molar-refractivity contribution >= 4 is 28.0 Å². The molecule has 0 aliphatic heterocycles. The molecule has 3 atom stereocenters. The summed E-state index contributed by atoms with van der Waals surface area (Å²) in [6.45, 7) is 2.95. The largest absolute Gasteiger partial charge is 0.463 e. The number of aromatic nitrogens is 2. The van der Waals surface area contributed by atoms with Crippen molar-refractivity contribution in [2.45, 2.75) is 63.8 Å². The van der Waals surface area contributed by atoms with Crippen LogP contribution in [-0.4, -0.2) is 103 Å². The minimum absolute atomic E-state index is 0.0424. The molecule has 1 heterocycles. The van der Waals surface area contributed by atoms with E-state index in [4.69, 9.17) is 9.47 Å². The van der Waals surface area contributed by atoms with Gasteiger partial charge in [0, 0.05) is 44.2 Å². The Hall–Kier alpha value is -4.53. The van der Waals surface area contributed by atoms with E-state index in [0.717, 1.165) is 10.6 Å². The fourth-order valence-corrected chi connectivity index (χ4v) is 4.56. The first kappa shape index (κ1) is 40.6. The van der Waals surface area contributed by atoms with Crippen molar-refractivity contribution in [2.24, 2.45) is 0 Å². The third-order valence-electron chi connectivity index (χ3n) is 6.69. The first-order valence-corrected chi connectivity index (χ1v) is 16.8. The second-order valence-corrected chi connectivity index (χ2v) is 13.0. The fraction of sp³-hybridized carbons (Fsp3) is 0.552. The van der Waals surface area contributed by atoms with Gasteiger partial charge in [-0.05, 0) is 36.6 Å². The molecular formula is C29H40FN5O13S. The van der Waals surface area contributed by atoms with Crippen LogP contribution in [0, 0.1) is 26.0 Å². The van der Waals surface area contributed by atoms with Crippen LogP contribution in [0.3, 0.4) is 0 Å². The number of anilines is 1. The van der Waals surface area contributed by atoms with E-state index in [1.54, 1.807) is 0 Å². The maximum Gasteiger partial charge on any atom is 0.308 e. The van der Waals surface area contributed by atoms with Crippen LogP contribution >= 0.6 is 0 Å². The third kappa shape index (κ3) is 14.6. The molecule has 0 fully saturated rings. The van der Waals surface area contributed by atoms with Crippen LogP contribution in [0.4, 0.5) is 10.3 Å². The molecule has 272 valence electrons. The molecule has 0 bridgehead atoms. The van der Waals surface area contributed by atoms with E-state index in [1.807, 2.05) is 13.8 Å². The van der Waals surface area contributed by atoms with Crippen LogP contribution in [-0.2, 0) is 34.0 Å². The van der Waals surface area contributed by atoms with Crippen molar-refractivity contribution in [1.29, 1.82) is 0 Å². The summed E-state index contributed by atoms with van der Waals surface area (Å²) in [6.07, 6.45) is -0.762. The summed E-state index contributed by atoms with van der Waals surface area (Å²) in [6, 6.07) is 5.35. The maximum absolute atomic E-state index is 13.7. The molecule has 2 N–H and O–H groups in total. The zero-order valence-corrected chi connectivity index (χ0v) is 28.2. The summed E-state index contributed by atoms with van der Waals surface area (Å²) in [5.41, 5.74) is 1.54. The van der Waals surface area contributed by atoms with Crippen molar-refractivity contribution in [3.05, 3.63) is 67.6 Å². The number of carbonyl (C=O) groups is 1. The number of halogens is 1. The molecule has 2 rings (SSSR count). The normalized spacial score (nSPS) is 13.6. The van der Waals surface area contributed by atoms with E-state index in [2.05, 4.69) is 19.6 Å². The van der Waals surface area contributed by atoms with E-state index in [1.165, 1.54) is 43.5 Å². The van der Waals surface area contributed by atoms with Gasteiger partial charge in [0.25, 0.3) is 10.2 Å². The average Bonchev–Trinajstić information content (AvgIpc) is 3.00. The van der Waals surface area contributed by atoms with Crippen molar-refractivity contribution in [2.75, 3.05) is 44.0 Å². The highest BCUT2D eigenvalue weighted by Crippen LogP contribution is 2.31. The van der Waals surface area contributed by atoms with Crippen molar-refractivity contribution in [3.8, 4) is 11.3 Å². The van der Waals surface area contributed by atoms with Gasteiger partial charge < -0.3 is 29.4 Å². The number of rotatable bonds is 22. The highest BCUT2D eigenvalue weighted by molar-refractivity contribution is 7.92. The van der Waals surface area contributed by atoms with Gasteiger partial charge in [-0.1, -0.05) is 26.0 Å². The van der Waals surface area contributed by atoms with Gasteiger partial charge >= 0.3 is 5.97 Å². The first-order chi connectivity index (χ1) is 23.0. The van der Waals surface area contributed by atoms with E-state index >= 15 is 0 Å². The highest BCUT2D eigenvalue weighted by atomic mass is 32.2. The lowest BCUT2D eigenvalue weighted by Crippen LogP contribution is -2.28. The van der Waals surface area contributed by atoms with Crippen LogP contribution in [0.2, 0.25) is 0 Å². The quantitative estimate of drug-likeness (QED) is 0.0769. The third-order valence-corrected chi connectivity index (χ3v) is 7.85. The van der Waals surface area contributed by atoms with Crippen molar-refractivity contribution in [1.82, 2.24) is 9.97 Å². The lowest BCUT2D eigenvalue weighted by atomic mass is 9.97. The number of carbonyl (C=O) groups excluding carboxylic acids is 1. The van der Waals surface area contributed by atoms with Crippen molar-refractivity contribution < 1.29 is 57.1 Å². The molecule has 1 aromatic heterocycles. The number of esters is 1. The Morgan fingerprint density at radius 1 is 1.08 bits per heavy atom. The van der Waals surface area contributed by atoms with Gasteiger partial charge in [-0.15, -0.1) is 20.2 Å². The minimum atomic E-state index is -3.73. The monoisotopic (exact) mass is 717 g/mol. The number of aliphatic hydroxyl groups excluding tert-OH is 2. The lowest BCUT2D eigenvalue weighted by Gasteiger charge is -2.20. The number of hydrogen-bond acceptors (Lipinski definition) is 15. The number of hydrogen-bond donors (Lipinski definition) is 2. The van der Waals surface area contributed by atoms with Gasteiger partial charge in [0.15, 0.2) is 0 Å². The summed E-state index contributed by atoms with van der Waals surface area (Å²) in [7, 11) is -2.44. The van der Waals surface area contributed by atoms with Gasteiger partial charge in [-0.25, -0.2) is 27.1 Å². The Bertz CT molecular complexity index is 1540. The Labute approximate surface area is 281 Å². The Kier molecular flexibility index (Phi) is 16.1. The highest BCUT2D eigenvalue weighted by Gasteiger charge is 2.23. The molecule has 3 unspecified atom stereocenters. The van der Waals surface area contributed by atoms with Crippen LogP contribution in [0.5, 0.6) is 0 Å². The molecule has 0 amide bonds. The summed E-state index contributed by atoms with van der Waals surface area (Å²) < 4.78 is 49.3. The molecular weight excluding hydrogens is 677 g/mol. The van der Waals surface area contributed by atoms with Gasteiger partial charge in [0.2, 0.25) is 16.0 Å². The van der Waals surface area contributed by atoms with Crippen LogP contribution in [0.25, 0.3) is 17.3 Å². The minimum Gasteiger partial charge on any atom is -0.463 e. The molecule has 1 aromatic carbocycles. The summed E-state index contributed by atoms with van der Waals surface area (Å²) >= 11 is 0. The molecule has 0 aliphatic rings. The Morgan fingerprint density at radius 2 is 1.76 bits per heavy atom. The Morgan fingerprint density at radius 3 is 2.35 bits per heavy atom. The van der Waals surface area contributed by atoms with E-state index < -0.39 is 63.3 Å². The zero-order chi connectivity index (χ0) is 36.7. The van der Waals surface area contributed by atoms with E-state index in [0.29, 0.717) is 16.8 Å². The maximum atomic E-state index is 13.7. The molecule has 0 saturated heterocycles. The topological polar surface area (TPSA) is 244 Å². The molecule has 20 heteroatoms. The summed E-state index contributed by atoms with van der Waals surface area (Å²) in [4.78, 5) is 50.7. The smallest absolute Gasteiger partial charge is 0.308 e. The molecule has 2 aromatic rings. The number of benzene rings is 1. The van der Waals surface area contributed by atoms with E-state index in [-0.39, 0.29) is 56.6 Å². The second-order valence-electron chi connectivity index (χ2n) is 11.0. The summed E-state index contributed by atoms with van der Waals surface area (Å²) in [5.74, 6) is -1.79. The Balaban J connectivity index is 2.08. The lowest BCUT2D eigenvalue weighted by molar-refractivity contribution is -0.769. The van der Waals surface area contributed by atoms with Crippen LogP contribution in [0.15, 0.2) is 30.3 Å². The molecule has 0 aliphatic carbocycles. The van der Waals surface area contributed by atoms with Crippen LogP contribution in [0.1, 0.15) is 56.7 Å². The second kappa shape index (κ2) is 19.5. The number of nitrogens with zero attached hydrogens (tertiary/aromatic N) is 5. The molecule has 49 heavy (non-hydrogen) atoms. The first-order valence-electron chi connectivity index (χ1n) is 15.0. The molecule has 0 radical (unpaired) electrons. The number of aliphatic hydroxyl groups is 2. The predicted octanol–water partition coefficient (Wildman–Crippen LogP) is 2.44. The average molecular weight is 718 g/mol. The zero-order valence-electron chi connectivity index (χ0n) is 27.3. The van der Waals surface area contributed by atoms with Crippen molar-refractivity contribution in [3.63, 3.8) is 0 Å². The SMILES string of the molecule is CC(C)c1nc(N(C)S(C)(=O)=O)nc(-c2ccc(F)cc2)c1/C=C/C(O)CC(O)CC(=O)OCC(CCOCCCO[N+](=O)[O-])O[N+](=O)[O-]. The van der Waals surface area contributed by atoms with Gasteiger partial charge in [0.1, 0.15) is 18.5 Å². The molecule has 0 saturated carbocycles.